The molecular weight excluding hydrogens is 500 g/mol. The third kappa shape index (κ3) is 5.71. The minimum Gasteiger partial charge on any atom is -0.493 e. The van der Waals surface area contributed by atoms with Gasteiger partial charge in [0.25, 0.3) is 17.1 Å². The van der Waals surface area contributed by atoms with Gasteiger partial charge in [0.1, 0.15) is 0 Å². The molecule has 1 saturated heterocycles. The van der Waals surface area contributed by atoms with Crippen LogP contribution < -0.4 is 14.8 Å². The molecule has 38 heavy (non-hydrogen) atoms. The molecule has 0 radical (unpaired) electrons. The van der Waals surface area contributed by atoms with Gasteiger partial charge in [-0.25, -0.2) is 0 Å². The van der Waals surface area contributed by atoms with Crippen LogP contribution in [0, 0.1) is 0 Å². The first-order chi connectivity index (χ1) is 18.5. The molecule has 7 nitrogen and oxygen atoms in total. The number of methoxy groups -OCH3 is 1. The number of anilines is 1. The van der Waals surface area contributed by atoms with Crippen LogP contribution in [-0.4, -0.2) is 35.7 Å². The molecule has 0 atom stereocenters. The number of thioether (sulfide) groups is 1. The highest BCUT2D eigenvalue weighted by Gasteiger charge is 2.35. The van der Waals surface area contributed by atoms with Gasteiger partial charge in [-0.05, 0) is 70.1 Å². The lowest BCUT2D eigenvalue weighted by Crippen LogP contribution is -2.27. The maximum Gasteiger partial charge on any atom is 0.293 e. The predicted molar refractivity (Wildman–Crippen MR) is 149 cm³/mol. The lowest BCUT2D eigenvalue weighted by Gasteiger charge is -2.13. The van der Waals surface area contributed by atoms with Gasteiger partial charge >= 0.3 is 0 Å². The average molecular weight is 525 g/mol. The molecule has 5 rings (SSSR count). The minimum absolute atomic E-state index is 0.196. The first kappa shape index (κ1) is 25.1. The summed E-state index contributed by atoms with van der Waals surface area (Å²) in [6.07, 6.45) is 1.65. The Kier molecular flexibility index (Phi) is 7.42. The minimum atomic E-state index is -0.343. The van der Waals surface area contributed by atoms with Crippen LogP contribution >= 0.6 is 11.8 Å². The number of nitrogens with zero attached hydrogens (tertiary/aromatic N) is 1. The molecule has 1 fully saturated rings. The standard InChI is InChI=1S/C30H24N2O5S/c1-36-26-16-20(12-14-25(26)37-19-28(33)31-24-9-3-2-4-10-24)17-27-29(34)32(30(35)38-27)18-21-11-13-22-7-5-6-8-23(22)15-21/h2-17H,18-19H2,1H3,(H,31,33). The molecule has 190 valence electrons. The quantitative estimate of drug-likeness (QED) is 0.280. The van der Waals surface area contributed by atoms with E-state index in [1.54, 1.807) is 36.4 Å². The van der Waals surface area contributed by atoms with E-state index in [1.165, 1.54) is 12.0 Å². The number of benzene rings is 4. The fourth-order valence-corrected chi connectivity index (χ4v) is 4.90. The van der Waals surface area contributed by atoms with Gasteiger partial charge in [0, 0.05) is 5.69 Å². The molecule has 0 unspecified atom stereocenters. The maximum atomic E-state index is 13.1. The average Bonchev–Trinajstić information content (AvgIpc) is 3.19. The highest BCUT2D eigenvalue weighted by Crippen LogP contribution is 2.35. The van der Waals surface area contributed by atoms with Crippen molar-refractivity contribution < 1.29 is 23.9 Å². The molecule has 0 bridgehead atoms. The number of amides is 3. The van der Waals surface area contributed by atoms with E-state index in [2.05, 4.69) is 5.32 Å². The SMILES string of the molecule is COc1cc(C=C2SC(=O)N(Cc3ccc4ccccc4c3)C2=O)ccc1OCC(=O)Nc1ccccc1. The second kappa shape index (κ2) is 11.2. The van der Waals surface area contributed by atoms with Crippen LogP contribution in [0.1, 0.15) is 11.1 Å². The molecule has 3 amide bonds. The lowest BCUT2D eigenvalue weighted by atomic mass is 10.1. The monoisotopic (exact) mass is 524 g/mol. The van der Waals surface area contributed by atoms with Crippen LogP contribution in [0.2, 0.25) is 0 Å². The molecule has 1 aliphatic rings. The molecular formula is C30H24N2O5S. The van der Waals surface area contributed by atoms with Crippen molar-refractivity contribution in [1.29, 1.82) is 0 Å². The van der Waals surface area contributed by atoms with E-state index < -0.39 is 0 Å². The van der Waals surface area contributed by atoms with Crippen molar-refractivity contribution in [2.24, 2.45) is 0 Å². The molecule has 1 heterocycles. The number of fused-ring (bicyclic) bond motifs is 1. The van der Waals surface area contributed by atoms with Gasteiger partial charge in [0.2, 0.25) is 0 Å². The zero-order valence-corrected chi connectivity index (χ0v) is 21.4. The number of nitrogens with one attached hydrogen (secondary N) is 1. The summed E-state index contributed by atoms with van der Waals surface area (Å²) in [5.41, 5.74) is 2.23. The van der Waals surface area contributed by atoms with Gasteiger partial charge in [-0.15, -0.1) is 0 Å². The van der Waals surface area contributed by atoms with E-state index >= 15 is 0 Å². The van der Waals surface area contributed by atoms with E-state index in [4.69, 9.17) is 9.47 Å². The smallest absolute Gasteiger partial charge is 0.293 e. The molecule has 0 spiro atoms. The van der Waals surface area contributed by atoms with E-state index in [0.717, 1.165) is 28.1 Å². The summed E-state index contributed by atoms with van der Waals surface area (Å²) in [6.45, 7) is 0.00620. The van der Waals surface area contributed by atoms with Crippen molar-refractivity contribution in [3.05, 3.63) is 107 Å². The molecule has 4 aromatic rings. The van der Waals surface area contributed by atoms with Crippen LogP contribution in [0.4, 0.5) is 10.5 Å². The first-order valence-corrected chi connectivity index (χ1v) is 12.7. The topological polar surface area (TPSA) is 84.9 Å². The van der Waals surface area contributed by atoms with Gasteiger partial charge < -0.3 is 14.8 Å². The van der Waals surface area contributed by atoms with Crippen molar-refractivity contribution in [1.82, 2.24) is 4.90 Å². The Morgan fingerprint density at radius 3 is 2.45 bits per heavy atom. The van der Waals surface area contributed by atoms with Gasteiger partial charge in [0.15, 0.2) is 18.1 Å². The number of ether oxygens (including phenoxy) is 2. The highest BCUT2D eigenvalue weighted by molar-refractivity contribution is 8.18. The normalized spacial score (nSPS) is 14.2. The van der Waals surface area contributed by atoms with Gasteiger partial charge in [0.05, 0.1) is 18.6 Å². The molecule has 4 aromatic carbocycles. The second-order valence-corrected chi connectivity index (χ2v) is 9.56. The van der Waals surface area contributed by atoms with Crippen molar-refractivity contribution in [2.75, 3.05) is 19.0 Å². The Morgan fingerprint density at radius 2 is 1.66 bits per heavy atom. The Morgan fingerprint density at radius 1 is 0.895 bits per heavy atom. The largest absolute Gasteiger partial charge is 0.493 e. The van der Waals surface area contributed by atoms with Crippen molar-refractivity contribution in [2.45, 2.75) is 6.54 Å². The lowest BCUT2D eigenvalue weighted by molar-refractivity contribution is -0.123. The van der Waals surface area contributed by atoms with Crippen molar-refractivity contribution >= 4 is 51.4 Å². The molecule has 1 N–H and O–H groups in total. The number of carbonyl (C=O) groups is 3. The number of para-hydroxylation sites is 1. The first-order valence-electron chi connectivity index (χ1n) is 11.9. The Hall–Kier alpha value is -4.56. The summed E-state index contributed by atoms with van der Waals surface area (Å²) in [6, 6.07) is 28.1. The fraction of sp³-hybridized carbons (Fsp3) is 0.100. The number of hydrogen-bond acceptors (Lipinski definition) is 6. The Bertz CT molecular complexity index is 1550. The van der Waals surface area contributed by atoms with E-state index in [0.29, 0.717) is 27.7 Å². The Labute approximate surface area is 224 Å². The third-order valence-corrected chi connectivity index (χ3v) is 6.84. The van der Waals surface area contributed by atoms with Crippen LogP contribution in [0.5, 0.6) is 11.5 Å². The van der Waals surface area contributed by atoms with Gasteiger partial charge in [-0.1, -0.05) is 60.7 Å². The van der Waals surface area contributed by atoms with Crippen LogP contribution in [0.25, 0.3) is 16.8 Å². The summed E-state index contributed by atoms with van der Waals surface area (Å²) in [7, 11) is 1.49. The predicted octanol–water partition coefficient (Wildman–Crippen LogP) is 6.10. The molecule has 0 aromatic heterocycles. The maximum absolute atomic E-state index is 13.1. The van der Waals surface area contributed by atoms with Gasteiger partial charge in [-0.2, -0.15) is 0 Å². The van der Waals surface area contributed by atoms with Crippen LogP contribution in [0.3, 0.4) is 0 Å². The summed E-state index contributed by atoms with van der Waals surface area (Å²) >= 11 is 0.906. The van der Waals surface area contributed by atoms with E-state index in [-0.39, 0.29) is 30.2 Å². The number of rotatable bonds is 8. The summed E-state index contributed by atoms with van der Waals surface area (Å²) in [5, 5.41) is 4.60. The summed E-state index contributed by atoms with van der Waals surface area (Å²) < 4.78 is 11.1. The van der Waals surface area contributed by atoms with Crippen LogP contribution in [-0.2, 0) is 16.1 Å². The third-order valence-electron chi connectivity index (χ3n) is 5.93. The zero-order chi connectivity index (χ0) is 26.5. The van der Waals surface area contributed by atoms with Crippen molar-refractivity contribution in [3.63, 3.8) is 0 Å². The summed E-state index contributed by atoms with van der Waals surface area (Å²) in [4.78, 5) is 39.5. The molecule has 8 heteroatoms. The van der Waals surface area contributed by atoms with Crippen molar-refractivity contribution in [3.8, 4) is 11.5 Å². The number of carbonyl (C=O) groups excluding carboxylic acids is 3. The van der Waals surface area contributed by atoms with Gasteiger partial charge in [-0.3, -0.25) is 19.3 Å². The van der Waals surface area contributed by atoms with Crippen LogP contribution in [0.15, 0.2) is 95.9 Å². The molecule has 1 aliphatic heterocycles. The summed E-state index contributed by atoms with van der Waals surface area (Å²) in [5.74, 6) is 0.145. The highest BCUT2D eigenvalue weighted by atomic mass is 32.2. The zero-order valence-electron chi connectivity index (χ0n) is 20.5. The molecule has 0 saturated carbocycles. The molecule has 0 aliphatic carbocycles. The number of hydrogen-bond donors (Lipinski definition) is 1. The van der Waals surface area contributed by atoms with E-state index in [1.807, 2.05) is 60.7 Å². The number of imide groups is 1. The van der Waals surface area contributed by atoms with E-state index in [9.17, 15) is 14.4 Å². The second-order valence-electron chi connectivity index (χ2n) is 8.56. The fourth-order valence-electron chi connectivity index (χ4n) is 4.06. The Balaban J connectivity index is 1.26.